The van der Waals surface area contributed by atoms with E-state index in [9.17, 15) is 9.90 Å². The van der Waals surface area contributed by atoms with Gasteiger partial charge in [-0.3, -0.25) is 14.8 Å². The molecule has 0 bridgehead atoms. The van der Waals surface area contributed by atoms with Gasteiger partial charge < -0.3 is 14.7 Å². The first-order chi connectivity index (χ1) is 17.5. The minimum Gasteiger partial charge on any atom is -0.497 e. The number of hydrogen-bond acceptors (Lipinski definition) is 5. The highest BCUT2D eigenvalue weighted by Gasteiger charge is 2.31. The summed E-state index contributed by atoms with van der Waals surface area (Å²) in [5, 5.41) is 10.3. The van der Waals surface area contributed by atoms with Crippen LogP contribution in [0.2, 0.25) is 0 Å². The van der Waals surface area contributed by atoms with Gasteiger partial charge in [0.2, 0.25) is 0 Å². The number of carboxylic acids is 1. The number of aryl methyl sites for hydroxylation is 1. The predicted octanol–water partition coefficient (Wildman–Crippen LogP) is 5.86. The molecule has 0 radical (unpaired) electrons. The van der Waals surface area contributed by atoms with Crippen molar-refractivity contribution in [2.45, 2.75) is 51.1 Å². The van der Waals surface area contributed by atoms with Crippen molar-refractivity contribution in [1.82, 2.24) is 14.9 Å². The molecule has 6 nitrogen and oxygen atoms in total. The van der Waals surface area contributed by atoms with E-state index in [-0.39, 0.29) is 18.3 Å². The molecule has 1 saturated heterocycles. The molecule has 4 rings (SSSR count). The Labute approximate surface area is 212 Å². The number of halogens is 1. The number of methoxy groups -OCH3 is 1. The summed E-state index contributed by atoms with van der Waals surface area (Å²) in [6.07, 6.45) is 7.55. The fraction of sp³-hybridized carbons (Fsp3) is 0.483. The van der Waals surface area contributed by atoms with E-state index in [1.807, 2.05) is 36.5 Å². The molecule has 1 fully saturated rings. The van der Waals surface area contributed by atoms with Crippen molar-refractivity contribution in [1.29, 1.82) is 0 Å². The molecular formula is C29H36FN3O3. The number of rotatable bonds is 12. The molecule has 1 aliphatic rings. The average Bonchev–Trinajstić information content (AvgIpc) is 2.90. The number of fused-ring (bicyclic) bond motifs is 1. The third kappa shape index (κ3) is 7.00. The molecule has 2 aromatic heterocycles. The zero-order valence-corrected chi connectivity index (χ0v) is 21.0. The molecule has 3 atom stereocenters. The molecule has 1 aromatic carbocycles. The van der Waals surface area contributed by atoms with Gasteiger partial charge in [-0.25, -0.2) is 4.39 Å². The number of likely N-dealkylation sites (tertiary alicyclic amines) is 1. The zero-order chi connectivity index (χ0) is 25.3. The number of piperidine rings is 1. The van der Waals surface area contributed by atoms with Gasteiger partial charge in [0.1, 0.15) is 11.9 Å². The first-order valence-electron chi connectivity index (χ1n) is 12.9. The minimum atomic E-state index is -1.13. The summed E-state index contributed by atoms with van der Waals surface area (Å²) in [4.78, 5) is 22.7. The van der Waals surface area contributed by atoms with Crippen LogP contribution in [-0.2, 0) is 11.2 Å². The van der Waals surface area contributed by atoms with E-state index >= 15 is 4.39 Å². The zero-order valence-electron chi connectivity index (χ0n) is 21.0. The molecule has 1 unspecified atom stereocenters. The van der Waals surface area contributed by atoms with Crippen molar-refractivity contribution in [3.8, 4) is 5.75 Å². The second-order valence-corrected chi connectivity index (χ2v) is 9.81. The Morgan fingerprint density at radius 3 is 2.83 bits per heavy atom. The van der Waals surface area contributed by atoms with E-state index in [4.69, 9.17) is 4.74 Å². The summed E-state index contributed by atoms with van der Waals surface area (Å²) in [5.41, 5.74) is 2.48. The van der Waals surface area contributed by atoms with Crippen LogP contribution in [0.4, 0.5) is 4.39 Å². The lowest BCUT2D eigenvalue weighted by molar-refractivity contribution is -0.139. The molecule has 0 aliphatic carbocycles. The molecule has 1 aliphatic heterocycles. The van der Waals surface area contributed by atoms with Crippen LogP contribution in [-0.4, -0.2) is 52.7 Å². The Hall–Kier alpha value is -3.06. The lowest BCUT2D eigenvalue weighted by Gasteiger charge is -2.38. The van der Waals surface area contributed by atoms with Crippen LogP contribution in [0.3, 0.4) is 0 Å². The van der Waals surface area contributed by atoms with Crippen molar-refractivity contribution in [2.75, 3.05) is 26.7 Å². The molecule has 36 heavy (non-hydrogen) atoms. The Bertz CT molecular complexity index is 1130. The van der Waals surface area contributed by atoms with Gasteiger partial charge in [0.25, 0.3) is 0 Å². The summed E-state index contributed by atoms with van der Waals surface area (Å²) < 4.78 is 20.8. The van der Waals surface area contributed by atoms with Gasteiger partial charge in [-0.2, -0.15) is 0 Å². The number of pyridine rings is 2. The van der Waals surface area contributed by atoms with Crippen LogP contribution in [0.1, 0.15) is 56.0 Å². The lowest BCUT2D eigenvalue weighted by atomic mass is 9.79. The second-order valence-electron chi connectivity index (χ2n) is 9.81. The maximum absolute atomic E-state index is 15.5. The number of aromatic nitrogens is 2. The van der Waals surface area contributed by atoms with Crippen molar-refractivity contribution in [3.05, 3.63) is 66.1 Å². The van der Waals surface area contributed by atoms with Crippen molar-refractivity contribution in [3.63, 3.8) is 0 Å². The molecule has 0 saturated carbocycles. The Kier molecular flexibility index (Phi) is 9.23. The van der Waals surface area contributed by atoms with Crippen LogP contribution in [0.25, 0.3) is 10.9 Å². The van der Waals surface area contributed by atoms with Gasteiger partial charge in [-0.15, -0.1) is 0 Å². The number of unbranched alkanes of at least 4 members (excludes halogenated alkanes) is 1. The van der Waals surface area contributed by atoms with E-state index in [0.717, 1.165) is 61.9 Å². The fourth-order valence-electron chi connectivity index (χ4n) is 5.44. The Morgan fingerprint density at radius 1 is 1.17 bits per heavy atom. The third-order valence-electron chi connectivity index (χ3n) is 7.41. The molecule has 0 amide bonds. The van der Waals surface area contributed by atoms with E-state index in [1.54, 1.807) is 19.4 Å². The predicted molar refractivity (Wildman–Crippen MR) is 139 cm³/mol. The van der Waals surface area contributed by atoms with Gasteiger partial charge in [-0.05, 0) is 105 Å². The van der Waals surface area contributed by atoms with Gasteiger partial charge in [0, 0.05) is 36.4 Å². The number of carbonyl (C=O) groups is 1. The summed E-state index contributed by atoms with van der Waals surface area (Å²) in [6, 6.07) is 13.3. The Balaban J connectivity index is 1.31. The number of carboxylic acid groups (broad SMARTS) is 1. The summed E-state index contributed by atoms with van der Waals surface area (Å²) in [5.74, 6) is 0.171. The monoisotopic (exact) mass is 493 g/mol. The topological polar surface area (TPSA) is 75.5 Å². The molecule has 3 aromatic rings. The van der Waals surface area contributed by atoms with Gasteiger partial charge in [0.05, 0.1) is 12.6 Å². The van der Waals surface area contributed by atoms with E-state index in [0.29, 0.717) is 24.2 Å². The smallest absolute Gasteiger partial charge is 0.303 e. The highest BCUT2D eigenvalue weighted by Crippen LogP contribution is 2.36. The van der Waals surface area contributed by atoms with E-state index < -0.39 is 12.1 Å². The standard InChI is InChI=1S/C29H36FN3O3/c1-36-24-9-11-28-26(19-24)25(12-15-32-28)27(30)10-8-21-13-17-33(20-22(21)18-29(34)35)16-5-3-7-23-6-2-4-14-31-23/h2,4,6,9,11-12,14-15,19,21-22,27H,3,5,7-8,10,13,16-18,20H2,1H3,(H,34,35)/t21-,22+,27?/m1/s1. The van der Waals surface area contributed by atoms with Crippen LogP contribution in [0, 0.1) is 11.8 Å². The van der Waals surface area contributed by atoms with Gasteiger partial charge in [-0.1, -0.05) is 6.07 Å². The van der Waals surface area contributed by atoms with Crippen LogP contribution in [0.5, 0.6) is 5.75 Å². The van der Waals surface area contributed by atoms with Crippen molar-refractivity contribution in [2.24, 2.45) is 11.8 Å². The minimum absolute atomic E-state index is 0.0496. The van der Waals surface area contributed by atoms with Crippen LogP contribution >= 0.6 is 0 Å². The second kappa shape index (κ2) is 12.8. The SMILES string of the molecule is COc1ccc2nccc(C(F)CC[C@@H]3CCN(CCCCc4ccccn4)C[C@@H]3CC(=O)O)c2c1. The number of nitrogens with zero attached hydrogens (tertiary/aromatic N) is 3. The highest BCUT2D eigenvalue weighted by atomic mass is 19.1. The van der Waals surface area contributed by atoms with E-state index in [1.165, 1.54) is 0 Å². The van der Waals surface area contributed by atoms with Gasteiger partial charge in [0.15, 0.2) is 0 Å². The first-order valence-corrected chi connectivity index (χ1v) is 12.9. The van der Waals surface area contributed by atoms with Crippen molar-refractivity contribution >= 4 is 16.9 Å². The normalized spacial score (nSPS) is 19.3. The number of ether oxygens (including phenoxy) is 1. The summed E-state index contributed by atoms with van der Waals surface area (Å²) in [6.45, 7) is 2.68. The van der Waals surface area contributed by atoms with Gasteiger partial charge >= 0.3 is 5.97 Å². The molecular weight excluding hydrogens is 457 g/mol. The molecule has 3 heterocycles. The summed E-state index contributed by atoms with van der Waals surface area (Å²) >= 11 is 0. The molecule has 0 spiro atoms. The first kappa shape index (κ1) is 26.0. The number of aliphatic carboxylic acids is 1. The lowest BCUT2D eigenvalue weighted by Crippen LogP contribution is -2.41. The third-order valence-corrected chi connectivity index (χ3v) is 7.41. The van der Waals surface area contributed by atoms with Crippen LogP contribution < -0.4 is 4.74 Å². The van der Waals surface area contributed by atoms with E-state index in [2.05, 4.69) is 20.9 Å². The molecule has 1 N–H and O–H groups in total. The molecule has 7 heteroatoms. The number of alkyl halides is 1. The average molecular weight is 494 g/mol. The Morgan fingerprint density at radius 2 is 2.06 bits per heavy atom. The van der Waals surface area contributed by atoms with Crippen LogP contribution in [0.15, 0.2) is 54.9 Å². The number of hydrogen-bond donors (Lipinski definition) is 1. The van der Waals surface area contributed by atoms with Crippen molar-refractivity contribution < 1.29 is 19.0 Å². The summed E-state index contributed by atoms with van der Waals surface area (Å²) in [7, 11) is 1.60. The largest absolute Gasteiger partial charge is 0.497 e. The highest BCUT2D eigenvalue weighted by molar-refractivity contribution is 5.83. The quantitative estimate of drug-likeness (QED) is 0.318. The molecule has 192 valence electrons. The maximum atomic E-state index is 15.5. The number of benzene rings is 1. The maximum Gasteiger partial charge on any atom is 0.303 e. The fourth-order valence-corrected chi connectivity index (χ4v) is 5.44.